The first-order chi connectivity index (χ1) is 16.1. The lowest BCUT2D eigenvalue weighted by Gasteiger charge is -2.26. The second-order valence-corrected chi connectivity index (χ2v) is 9.22. The Morgan fingerprint density at radius 3 is 2.30 bits per heavy atom. The van der Waals surface area contributed by atoms with Crippen LogP contribution < -0.4 is 10.1 Å². The number of aliphatic hydroxyl groups excluding tert-OH is 1. The summed E-state index contributed by atoms with van der Waals surface area (Å²) in [5.41, 5.74) is 3.79. The number of ether oxygens (including phenoxy) is 1. The summed E-state index contributed by atoms with van der Waals surface area (Å²) in [5, 5.41) is 13.5. The summed E-state index contributed by atoms with van der Waals surface area (Å²) < 4.78 is 6.06. The molecule has 0 aliphatic rings. The minimum atomic E-state index is 0.0881. The Morgan fingerprint density at radius 2 is 1.61 bits per heavy atom. The molecule has 3 unspecified atom stereocenters. The van der Waals surface area contributed by atoms with Crippen molar-refractivity contribution in [2.45, 2.75) is 52.5 Å². The van der Waals surface area contributed by atoms with Gasteiger partial charge in [-0.2, -0.15) is 0 Å². The highest BCUT2D eigenvalue weighted by atomic mass is 16.5. The van der Waals surface area contributed by atoms with Crippen LogP contribution in [-0.2, 0) is 12.8 Å². The zero-order chi connectivity index (χ0) is 23.5. The van der Waals surface area contributed by atoms with Crippen molar-refractivity contribution in [3.8, 4) is 11.5 Å². The number of aliphatic hydroxyl groups is 1. The Labute approximate surface area is 199 Å². The summed E-state index contributed by atoms with van der Waals surface area (Å²) in [4.78, 5) is 0. The average Bonchev–Trinajstić information content (AvgIpc) is 2.85. The van der Waals surface area contributed by atoms with Crippen molar-refractivity contribution >= 4 is 0 Å². The van der Waals surface area contributed by atoms with E-state index in [-0.39, 0.29) is 12.6 Å². The van der Waals surface area contributed by atoms with Crippen molar-refractivity contribution in [2.24, 2.45) is 11.8 Å². The molecule has 0 saturated heterocycles. The lowest BCUT2D eigenvalue weighted by molar-refractivity contribution is 0.223. The Balaban J connectivity index is 1.56. The van der Waals surface area contributed by atoms with Crippen LogP contribution in [-0.4, -0.2) is 24.3 Å². The summed E-state index contributed by atoms with van der Waals surface area (Å²) in [7, 11) is 0. The lowest BCUT2D eigenvalue weighted by Crippen LogP contribution is -2.39. The Kier molecular flexibility index (Phi) is 9.99. The van der Waals surface area contributed by atoms with Gasteiger partial charge in [0.25, 0.3) is 0 Å². The number of nitrogens with one attached hydrogen (secondary N) is 1. The summed E-state index contributed by atoms with van der Waals surface area (Å²) in [6.45, 7) is 7.76. The van der Waals surface area contributed by atoms with Crippen LogP contribution in [0.15, 0.2) is 78.9 Å². The van der Waals surface area contributed by atoms with E-state index in [1.54, 1.807) is 0 Å². The maximum atomic E-state index is 9.89. The smallest absolute Gasteiger partial charge is 0.127 e. The van der Waals surface area contributed by atoms with E-state index in [1.807, 2.05) is 24.3 Å². The molecule has 3 aromatic rings. The second-order valence-electron chi connectivity index (χ2n) is 9.22. The molecule has 3 nitrogen and oxygen atoms in total. The van der Waals surface area contributed by atoms with Gasteiger partial charge in [0, 0.05) is 6.04 Å². The van der Waals surface area contributed by atoms with Crippen LogP contribution in [0, 0.1) is 18.8 Å². The SMILES string of the molecule is CCC(C)C(CCc1cccc(Oc2ccc(C)cc2)c1)CNC(CO)Cc1ccccc1. The third-order valence-electron chi connectivity index (χ3n) is 6.62. The van der Waals surface area contributed by atoms with E-state index in [9.17, 15) is 5.11 Å². The van der Waals surface area contributed by atoms with Crippen LogP contribution in [0.5, 0.6) is 11.5 Å². The molecule has 2 N–H and O–H groups in total. The molecule has 3 heteroatoms. The predicted octanol–water partition coefficient (Wildman–Crippen LogP) is 6.58. The van der Waals surface area contributed by atoms with Crippen LogP contribution in [0.1, 0.15) is 43.4 Å². The van der Waals surface area contributed by atoms with Crippen LogP contribution in [0.3, 0.4) is 0 Å². The van der Waals surface area contributed by atoms with Crippen LogP contribution in [0.4, 0.5) is 0 Å². The highest BCUT2D eigenvalue weighted by Crippen LogP contribution is 2.25. The minimum absolute atomic E-state index is 0.0881. The van der Waals surface area contributed by atoms with Gasteiger partial charge in [0.2, 0.25) is 0 Å². The van der Waals surface area contributed by atoms with Gasteiger partial charge in [-0.15, -0.1) is 0 Å². The normalized spacial score (nSPS) is 13.9. The molecule has 0 aliphatic heterocycles. The maximum Gasteiger partial charge on any atom is 0.127 e. The van der Waals surface area contributed by atoms with E-state index in [1.165, 1.54) is 16.7 Å². The van der Waals surface area contributed by atoms with Gasteiger partial charge < -0.3 is 15.2 Å². The lowest BCUT2D eigenvalue weighted by atomic mass is 9.86. The highest BCUT2D eigenvalue weighted by molar-refractivity contribution is 5.35. The van der Waals surface area contributed by atoms with Crippen molar-refractivity contribution in [1.82, 2.24) is 5.32 Å². The second kappa shape index (κ2) is 13.2. The molecule has 33 heavy (non-hydrogen) atoms. The van der Waals surface area contributed by atoms with Gasteiger partial charge >= 0.3 is 0 Å². The van der Waals surface area contributed by atoms with Gasteiger partial charge in [0.05, 0.1) is 6.61 Å². The van der Waals surface area contributed by atoms with Crippen molar-refractivity contribution in [3.05, 3.63) is 95.6 Å². The van der Waals surface area contributed by atoms with Crippen molar-refractivity contribution < 1.29 is 9.84 Å². The summed E-state index contributed by atoms with van der Waals surface area (Å²) in [6, 6.07) is 27.1. The van der Waals surface area contributed by atoms with Crippen molar-refractivity contribution in [2.75, 3.05) is 13.2 Å². The number of rotatable bonds is 13. The van der Waals surface area contributed by atoms with E-state index < -0.39 is 0 Å². The summed E-state index contributed by atoms with van der Waals surface area (Å²) in [6.07, 6.45) is 4.14. The monoisotopic (exact) mass is 445 g/mol. The van der Waals surface area contributed by atoms with E-state index in [0.29, 0.717) is 11.8 Å². The quantitative estimate of drug-likeness (QED) is 0.312. The molecule has 0 spiro atoms. The Hall–Kier alpha value is -2.62. The third kappa shape index (κ3) is 8.34. The average molecular weight is 446 g/mol. The molecule has 0 amide bonds. The number of hydrogen-bond donors (Lipinski definition) is 2. The van der Waals surface area contributed by atoms with Gasteiger partial charge in [-0.05, 0) is 80.0 Å². The van der Waals surface area contributed by atoms with Gasteiger partial charge in [-0.25, -0.2) is 0 Å². The number of benzene rings is 3. The maximum absolute atomic E-state index is 9.89. The molecule has 0 bridgehead atoms. The first kappa shape index (κ1) is 25.0. The largest absolute Gasteiger partial charge is 0.457 e. The van der Waals surface area contributed by atoms with E-state index in [2.05, 4.69) is 80.7 Å². The van der Waals surface area contributed by atoms with Crippen LogP contribution in [0.2, 0.25) is 0 Å². The molecule has 0 fully saturated rings. The standard InChI is InChI=1S/C30H39NO2/c1-4-24(3)27(21-31-28(22-32)19-25-9-6-5-7-10-25)16-15-26-11-8-12-30(20-26)33-29-17-13-23(2)14-18-29/h5-14,17-18,20,24,27-28,31-32H,4,15-16,19,21-22H2,1-3H3. The fraction of sp³-hybridized carbons (Fsp3) is 0.400. The van der Waals surface area contributed by atoms with Gasteiger partial charge in [-0.3, -0.25) is 0 Å². The van der Waals surface area contributed by atoms with Gasteiger partial charge in [0.15, 0.2) is 0 Å². The topological polar surface area (TPSA) is 41.5 Å². The summed E-state index contributed by atoms with van der Waals surface area (Å²) >= 11 is 0. The van der Waals surface area contributed by atoms with Crippen molar-refractivity contribution in [3.63, 3.8) is 0 Å². The summed E-state index contributed by atoms with van der Waals surface area (Å²) in [5.74, 6) is 2.94. The van der Waals surface area contributed by atoms with E-state index in [4.69, 9.17) is 4.74 Å². The first-order valence-electron chi connectivity index (χ1n) is 12.3. The molecular formula is C30H39NO2. The molecular weight excluding hydrogens is 406 g/mol. The first-order valence-corrected chi connectivity index (χ1v) is 12.3. The molecule has 0 radical (unpaired) electrons. The van der Waals surface area contributed by atoms with E-state index >= 15 is 0 Å². The third-order valence-corrected chi connectivity index (χ3v) is 6.62. The molecule has 0 aromatic heterocycles. The predicted molar refractivity (Wildman–Crippen MR) is 138 cm³/mol. The zero-order valence-corrected chi connectivity index (χ0v) is 20.3. The zero-order valence-electron chi connectivity index (χ0n) is 20.3. The molecule has 0 heterocycles. The van der Waals surface area contributed by atoms with Crippen LogP contribution in [0.25, 0.3) is 0 Å². The molecule has 3 aromatic carbocycles. The van der Waals surface area contributed by atoms with Gasteiger partial charge in [0.1, 0.15) is 11.5 Å². The fourth-order valence-corrected chi connectivity index (χ4v) is 4.20. The highest BCUT2D eigenvalue weighted by Gasteiger charge is 2.18. The molecule has 0 aliphatic carbocycles. The number of hydrogen-bond acceptors (Lipinski definition) is 3. The fourth-order valence-electron chi connectivity index (χ4n) is 4.20. The van der Waals surface area contributed by atoms with Gasteiger partial charge in [-0.1, -0.05) is 80.4 Å². The van der Waals surface area contributed by atoms with Crippen LogP contribution >= 0.6 is 0 Å². The Bertz CT molecular complexity index is 939. The minimum Gasteiger partial charge on any atom is -0.457 e. The van der Waals surface area contributed by atoms with Crippen molar-refractivity contribution in [1.29, 1.82) is 0 Å². The Morgan fingerprint density at radius 1 is 0.879 bits per heavy atom. The number of aryl methyl sites for hydroxylation is 2. The molecule has 176 valence electrons. The molecule has 3 atom stereocenters. The molecule has 3 rings (SSSR count). The molecule has 0 saturated carbocycles. The van der Waals surface area contributed by atoms with E-state index in [0.717, 1.165) is 43.7 Å².